The number of benzene rings is 6. The Morgan fingerprint density at radius 3 is 1.75 bits per heavy atom. The lowest BCUT2D eigenvalue weighted by molar-refractivity contribution is 1.74. The van der Waals surface area contributed by atoms with E-state index in [1.807, 2.05) is 6.07 Å². The Bertz CT molecular complexity index is 1560. The third-order valence-corrected chi connectivity index (χ3v) is 5.95. The largest absolute Gasteiger partial charge is 0.397 e. The van der Waals surface area contributed by atoms with Crippen LogP contribution in [0.1, 0.15) is 0 Å². The SMILES string of the molecule is Nc1ccc2c3ccc4ccc5ccccc5c4c3c3ccccc3c2c1N. The summed E-state index contributed by atoms with van der Waals surface area (Å²) < 4.78 is 0. The first-order valence-corrected chi connectivity index (χ1v) is 9.46. The Balaban J connectivity index is 2.04. The molecule has 0 radical (unpaired) electrons. The van der Waals surface area contributed by atoms with Crippen LogP contribution in [0.2, 0.25) is 0 Å². The number of hydrogen-bond acceptors (Lipinski definition) is 2. The quantitative estimate of drug-likeness (QED) is 0.237. The second-order valence-electron chi connectivity index (χ2n) is 7.41. The Kier molecular flexibility index (Phi) is 2.93. The van der Waals surface area contributed by atoms with Gasteiger partial charge in [0, 0.05) is 5.39 Å². The minimum atomic E-state index is 0.628. The van der Waals surface area contributed by atoms with E-state index in [2.05, 4.69) is 78.9 Å². The molecular weight excluding hydrogens is 340 g/mol. The number of fused-ring (bicyclic) bond motifs is 10. The van der Waals surface area contributed by atoms with Gasteiger partial charge in [0.25, 0.3) is 0 Å². The molecule has 6 rings (SSSR count). The normalized spacial score (nSPS) is 11.9. The van der Waals surface area contributed by atoms with E-state index in [9.17, 15) is 0 Å². The lowest BCUT2D eigenvalue weighted by Crippen LogP contribution is -1.96. The summed E-state index contributed by atoms with van der Waals surface area (Å²) in [7, 11) is 0. The summed E-state index contributed by atoms with van der Waals surface area (Å²) in [5.41, 5.74) is 13.9. The maximum Gasteiger partial charge on any atom is 0.0633 e. The minimum absolute atomic E-state index is 0.628. The molecule has 0 saturated heterocycles. The van der Waals surface area contributed by atoms with Crippen molar-refractivity contribution in [2.45, 2.75) is 0 Å². The van der Waals surface area contributed by atoms with Gasteiger partial charge in [0.1, 0.15) is 0 Å². The van der Waals surface area contributed by atoms with Gasteiger partial charge in [0.2, 0.25) is 0 Å². The highest BCUT2D eigenvalue weighted by molar-refractivity contribution is 6.36. The van der Waals surface area contributed by atoms with Gasteiger partial charge in [-0.05, 0) is 54.5 Å². The molecule has 0 heterocycles. The van der Waals surface area contributed by atoms with E-state index in [1.54, 1.807) is 0 Å². The molecule has 28 heavy (non-hydrogen) atoms. The molecule has 0 spiro atoms. The average Bonchev–Trinajstić information content (AvgIpc) is 2.75. The smallest absolute Gasteiger partial charge is 0.0633 e. The molecule has 6 aromatic rings. The zero-order valence-electron chi connectivity index (χ0n) is 15.2. The zero-order valence-corrected chi connectivity index (χ0v) is 15.2. The predicted octanol–water partition coefficient (Wildman–Crippen LogP) is 6.62. The van der Waals surface area contributed by atoms with Gasteiger partial charge in [0.05, 0.1) is 11.4 Å². The van der Waals surface area contributed by atoms with Crippen LogP contribution in [0.3, 0.4) is 0 Å². The van der Waals surface area contributed by atoms with Crippen molar-refractivity contribution in [2.75, 3.05) is 11.5 Å². The summed E-state index contributed by atoms with van der Waals surface area (Å²) in [5.74, 6) is 0. The van der Waals surface area contributed by atoms with Gasteiger partial charge in [-0.15, -0.1) is 0 Å². The standard InChI is InChI=1S/C26H18N2/c27-22-14-13-21-20-12-11-16-10-9-15-5-1-2-6-17(15)23(16)24(20)18-7-3-4-8-19(18)25(21)26(22)28/h1-14H,27-28H2. The Labute approximate surface area is 162 Å². The number of nitrogens with two attached hydrogens (primary N) is 2. The first-order chi connectivity index (χ1) is 13.7. The Morgan fingerprint density at radius 1 is 0.393 bits per heavy atom. The van der Waals surface area contributed by atoms with Gasteiger partial charge in [-0.1, -0.05) is 78.9 Å². The molecule has 0 aromatic heterocycles. The molecule has 0 aliphatic rings. The highest BCUT2D eigenvalue weighted by Gasteiger charge is 2.15. The van der Waals surface area contributed by atoms with E-state index in [1.165, 1.54) is 37.7 Å². The second-order valence-corrected chi connectivity index (χ2v) is 7.41. The maximum atomic E-state index is 6.45. The van der Waals surface area contributed by atoms with Gasteiger partial charge >= 0.3 is 0 Å². The molecule has 0 atom stereocenters. The van der Waals surface area contributed by atoms with E-state index in [0.717, 1.165) is 16.2 Å². The van der Waals surface area contributed by atoms with Gasteiger partial charge in [-0.25, -0.2) is 0 Å². The third-order valence-electron chi connectivity index (χ3n) is 5.95. The molecule has 6 aromatic carbocycles. The van der Waals surface area contributed by atoms with E-state index < -0.39 is 0 Å². The van der Waals surface area contributed by atoms with Crippen LogP contribution in [0.25, 0.3) is 53.9 Å². The Morgan fingerprint density at radius 2 is 0.929 bits per heavy atom. The van der Waals surface area contributed by atoms with Gasteiger partial charge in [-0.3, -0.25) is 0 Å². The average molecular weight is 358 g/mol. The third kappa shape index (κ3) is 1.87. The molecule has 4 N–H and O–H groups in total. The molecule has 0 aliphatic carbocycles. The van der Waals surface area contributed by atoms with Crippen molar-refractivity contribution in [1.82, 2.24) is 0 Å². The van der Waals surface area contributed by atoms with Gasteiger partial charge in [-0.2, -0.15) is 0 Å². The second kappa shape index (κ2) is 5.37. The van der Waals surface area contributed by atoms with Gasteiger partial charge < -0.3 is 11.5 Å². The summed E-state index contributed by atoms with van der Waals surface area (Å²) >= 11 is 0. The van der Waals surface area contributed by atoms with E-state index in [0.29, 0.717) is 11.4 Å². The van der Waals surface area contributed by atoms with Crippen molar-refractivity contribution in [1.29, 1.82) is 0 Å². The van der Waals surface area contributed by atoms with Crippen LogP contribution >= 0.6 is 0 Å². The molecule has 2 nitrogen and oxygen atoms in total. The predicted molar refractivity (Wildman–Crippen MR) is 123 cm³/mol. The fraction of sp³-hybridized carbons (Fsp3) is 0. The van der Waals surface area contributed by atoms with Crippen molar-refractivity contribution in [3.8, 4) is 0 Å². The van der Waals surface area contributed by atoms with Crippen molar-refractivity contribution in [2.24, 2.45) is 0 Å². The van der Waals surface area contributed by atoms with Crippen molar-refractivity contribution in [3.05, 3.63) is 84.9 Å². The number of rotatable bonds is 0. The minimum Gasteiger partial charge on any atom is -0.397 e. The summed E-state index contributed by atoms with van der Waals surface area (Å²) in [6, 6.07) is 30.0. The van der Waals surface area contributed by atoms with Crippen LogP contribution in [0.4, 0.5) is 11.4 Å². The maximum absolute atomic E-state index is 6.45. The molecule has 0 amide bonds. The summed E-state index contributed by atoms with van der Waals surface area (Å²) in [6.07, 6.45) is 0. The fourth-order valence-electron chi connectivity index (χ4n) is 4.67. The van der Waals surface area contributed by atoms with Crippen molar-refractivity contribution in [3.63, 3.8) is 0 Å². The lowest BCUT2D eigenvalue weighted by atomic mass is 9.88. The molecule has 132 valence electrons. The molecule has 0 saturated carbocycles. The number of hydrogen-bond donors (Lipinski definition) is 2. The van der Waals surface area contributed by atoms with E-state index >= 15 is 0 Å². The number of anilines is 2. The van der Waals surface area contributed by atoms with Crippen LogP contribution in [0, 0.1) is 0 Å². The summed E-state index contributed by atoms with van der Waals surface area (Å²) in [6.45, 7) is 0. The molecule has 0 bridgehead atoms. The summed E-state index contributed by atoms with van der Waals surface area (Å²) in [5, 5.41) is 12.1. The first kappa shape index (κ1) is 15.3. The highest BCUT2D eigenvalue weighted by atomic mass is 14.7. The first-order valence-electron chi connectivity index (χ1n) is 9.46. The zero-order chi connectivity index (χ0) is 18.8. The summed E-state index contributed by atoms with van der Waals surface area (Å²) in [4.78, 5) is 0. The molecule has 0 fully saturated rings. The monoisotopic (exact) mass is 358 g/mol. The fourth-order valence-corrected chi connectivity index (χ4v) is 4.67. The van der Waals surface area contributed by atoms with Crippen molar-refractivity contribution < 1.29 is 0 Å². The van der Waals surface area contributed by atoms with Gasteiger partial charge in [0.15, 0.2) is 0 Å². The Hall–Kier alpha value is -3.78. The molecule has 0 unspecified atom stereocenters. The van der Waals surface area contributed by atoms with Crippen LogP contribution in [-0.2, 0) is 0 Å². The van der Waals surface area contributed by atoms with Crippen LogP contribution in [0.15, 0.2) is 84.9 Å². The van der Waals surface area contributed by atoms with Crippen LogP contribution in [-0.4, -0.2) is 0 Å². The highest BCUT2D eigenvalue weighted by Crippen LogP contribution is 2.43. The van der Waals surface area contributed by atoms with E-state index in [4.69, 9.17) is 11.5 Å². The molecular formula is C26H18N2. The number of nitrogen functional groups attached to an aromatic ring is 2. The van der Waals surface area contributed by atoms with E-state index in [-0.39, 0.29) is 0 Å². The van der Waals surface area contributed by atoms with Crippen LogP contribution in [0.5, 0.6) is 0 Å². The molecule has 0 aliphatic heterocycles. The topological polar surface area (TPSA) is 52.0 Å². The lowest BCUT2D eigenvalue weighted by Gasteiger charge is -2.16. The van der Waals surface area contributed by atoms with Crippen molar-refractivity contribution >= 4 is 65.2 Å². The van der Waals surface area contributed by atoms with Crippen LogP contribution < -0.4 is 11.5 Å². The molecule has 2 heteroatoms.